The first kappa shape index (κ1) is 14.6. The Labute approximate surface area is 132 Å². The maximum atomic E-state index is 12.8. The molecule has 1 saturated heterocycles. The predicted molar refractivity (Wildman–Crippen MR) is 90.5 cm³/mol. The minimum absolute atomic E-state index is 0.130. The molecule has 0 unspecified atom stereocenters. The molecule has 0 atom stereocenters. The van der Waals surface area contributed by atoms with Crippen LogP contribution in [0.2, 0.25) is 0 Å². The molecule has 0 bridgehead atoms. The highest BCUT2D eigenvalue weighted by molar-refractivity contribution is 6.00. The molecule has 1 fully saturated rings. The van der Waals surface area contributed by atoms with Crippen molar-refractivity contribution in [3.8, 4) is 0 Å². The lowest BCUT2D eigenvalue weighted by molar-refractivity contribution is 0.0698. The van der Waals surface area contributed by atoms with Gasteiger partial charge in [-0.2, -0.15) is 0 Å². The van der Waals surface area contributed by atoms with E-state index in [9.17, 15) is 4.79 Å². The summed E-state index contributed by atoms with van der Waals surface area (Å²) in [5.41, 5.74) is 2.62. The summed E-state index contributed by atoms with van der Waals surface area (Å²) < 4.78 is 0. The summed E-state index contributed by atoms with van der Waals surface area (Å²) in [6.07, 6.45) is 2.19. The first-order valence-electron chi connectivity index (χ1n) is 7.94. The van der Waals surface area contributed by atoms with Crippen molar-refractivity contribution in [3.63, 3.8) is 0 Å². The largest absolute Gasteiger partial charge is 0.355 e. The summed E-state index contributed by atoms with van der Waals surface area (Å²) in [6, 6.07) is 17.7. The van der Waals surface area contributed by atoms with Crippen LogP contribution < -0.4 is 5.32 Å². The Kier molecular flexibility index (Phi) is 4.42. The number of amides is 1. The van der Waals surface area contributed by atoms with E-state index in [1.54, 1.807) is 0 Å². The SMILES string of the molecule is CC1CCN(C(=O)c2ccccc2Nc2ccccc2)CC1. The minimum atomic E-state index is 0.130. The lowest BCUT2D eigenvalue weighted by Crippen LogP contribution is -2.38. The van der Waals surface area contributed by atoms with Gasteiger partial charge >= 0.3 is 0 Å². The molecule has 114 valence electrons. The molecule has 0 spiro atoms. The Morgan fingerprint density at radius 2 is 1.64 bits per heavy atom. The number of hydrogen-bond acceptors (Lipinski definition) is 2. The Hall–Kier alpha value is -2.29. The lowest BCUT2D eigenvalue weighted by atomic mass is 9.98. The van der Waals surface area contributed by atoms with Crippen LogP contribution in [0.4, 0.5) is 11.4 Å². The molecule has 1 N–H and O–H groups in total. The number of nitrogens with one attached hydrogen (secondary N) is 1. The van der Waals surface area contributed by atoms with Crippen molar-refractivity contribution >= 4 is 17.3 Å². The molecule has 0 saturated carbocycles. The van der Waals surface area contributed by atoms with Gasteiger partial charge < -0.3 is 10.2 Å². The van der Waals surface area contributed by atoms with E-state index < -0.39 is 0 Å². The smallest absolute Gasteiger partial charge is 0.255 e. The molecule has 1 aliphatic rings. The van der Waals surface area contributed by atoms with E-state index in [1.807, 2.05) is 59.5 Å². The van der Waals surface area contributed by atoms with Gasteiger partial charge in [-0.05, 0) is 43.0 Å². The molecule has 3 heteroatoms. The Balaban J connectivity index is 1.80. The lowest BCUT2D eigenvalue weighted by Gasteiger charge is -2.30. The van der Waals surface area contributed by atoms with Crippen LogP contribution in [0.5, 0.6) is 0 Å². The van der Waals surface area contributed by atoms with Gasteiger partial charge in [0.25, 0.3) is 5.91 Å². The molecular formula is C19H22N2O. The number of likely N-dealkylation sites (tertiary alicyclic amines) is 1. The van der Waals surface area contributed by atoms with E-state index in [2.05, 4.69) is 12.2 Å². The third-order valence-corrected chi connectivity index (χ3v) is 4.28. The van der Waals surface area contributed by atoms with Crippen molar-refractivity contribution in [3.05, 3.63) is 60.2 Å². The number of rotatable bonds is 3. The topological polar surface area (TPSA) is 32.3 Å². The maximum Gasteiger partial charge on any atom is 0.255 e. The molecule has 1 heterocycles. The number of piperidine rings is 1. The van der Waals surface area contributed by atoms with E-state index >= 15 is 0 Å². The van der Waals surface area contributed by atoms with Gasteiger partial charge in [0.2, 0.25) is 0 Å². The van der Waals surface area contributed by atoms with Gasteiger partial charge in [-0.15, -0.1) is 0 Å². The summed E-state index contributed by atoms with van der Waals surface area (Å²) >= 11 is 0. The van der Waals surface area contributed by atoms with Gasteiger partial charge in [0.15, 0.2) is 0 Å². The fourth-order valence-corrected chi connectivity index (χ4v) is 2.84. The molecule has 22 heavy (non-hydrogen) atoms. The molecular weight excluding hydrogens is 272 g/mol. The Morgan fingerprint density at radius 3 is 2.36 bits per heavy atom. The highest BCUT2D eigenvalue weighted by Gasteiger charge is 2.23. The molecule has 2 aromatic carbocycles. The third-order valence-electron chi connectivity index (χ3n) is 4.28. The monoisotopic (exact) mass is 294 g/mol. The third kappa shape index (κ3) is 3.30. The first-order valence-corrected chi connectivity index (χ1v) is 7.94. The highest BCUT2D eigenvalue weighted by Crippen LogP contribution is 2.24. The summed E-state index contributed by atoms with van der Waals surface area (Å²) in [6.45, 7) is 3.98. The number of benzene rings is 2. The van der Waals surface area contributed by atoms with E-state index in [0.717, 1.165) is 48.8 Å². The second-order valence-corrected chi connectivity index (χ2v) is 6.01. The predicted octanol–water partition coefficient (Wildman–Crippen LogP) is 4.30. The maximum absolute atomic E-state index is 12.8. The van der Waals surface area contributed by atoms with Crippen molar-refractivity contribution in [2.45, 2.75) is 19.8 Å². The number of hydrogen-bond donors (Lipinski definition) is 1. The van der Waals surface area contributed by atoms with Gasteiger partial charge in [0.05, 0.1) is 11.3 Å². The summed E-state index contributed by atoms with van der Waals surface area (Å²) in [5, 5.41) is 3.35. The van der Waals surface area contributed by atoms with Crippen LogP contribution >= 0.6 is 0 Å². The highest BCUT2D eigenvalue weighted by atomic mass is 16.2. The molecule has 1 amide bonds. The van der Waals surface area contributed by atoms with Crippen molar-refractivity contribution in [1.29, 1.82) is 0 Å². The van der Waals surface area contributed by atoms with Gasteiger partial charge in [0.1, 0.15) is 0 Å². The molecule has 1 aliphatic heterocycles. The Bertz CT molecular complexity index is 631. The van der Waals surface area contributed by atoms with Gasteiger partial charge in [-0.3, -0.25) is 4.79 Å². The zero-order valence-electron chi connectivity index (χ0n) is 13.0. The van der Waals surface area contributed by atoms with E-state index in [4.69, 9.17) is 0 Å². The van der Waals surface area contributed by atoms with Crippen molar-refractivity contribution in [1.82, 2.24) is 4.90 Å². The van der Waals surface area contributed by atoms with Crippen LogP contribution in [0.3, 0.4) is 0 Å². The van der Waals surface area contributed by atoms with E-state index in [1.165, 1.54) is 0 Å². The zero-order valence-corrected chi connectivity index (χ0v) is 13.0. The van der Waals surface area contributed by atoms with E-state index in [-0.39, 0.29) is 5.91 Å². The van der Waals surface area contributed by atoms with Crippen LogP contribution in [-0.2, 0) is 0 Å². The van der Waals surface area contributed by atoms with Gasteiger partial charge in [-0.1, -0.05) is 37.3 Å². The number of carbonyl (C=O) groups excluding carboxylic acids is 1. The molecule has 2 aromatic rings. The number of anilines is 2. The quantitative estimate of drug-likeness (QED) is 0.915. The summed E-state index contributed by atoms with van der Waals surface area (Å²) in [7, 11) is 0. The average molecular weight is 294 g/mol. The zero-order chi connectivity index (χ0) is 15.4. The van der Waals surface area contributed by atoms with Crippen LogP contribution in [0.15, 0.2) is 54.6 Å². The van der Waals surface area contributed by atoms with Gasteiger partial charge in [0, 0.05) is 18.8 Å². The van der Waals surface area contributed by atoms with Crippen molar-refractivity contribution < 1.29 is 4.79 Å². The molecule has 0 aliphatic carbocycles. The van der Waals surface area contributed by atoms with Crippen LogP contribution in [0, 0.1) is 5.92 Å². The fraction of sp³-hybridized carbons (Fsp3) is 0.316. The van der Waals surface area contributed by atoms with E-state index in [0.29, 0.717) is 0 Å². The normalized spacial score (nSPS) is 15.6. The molecule has 3 rings (SSSR count). The Morgan fingerprint density at radius 1 is 1.00 bits per heavy atom. The fourth-order valence-electron chi connectivity index (χ4n) is 2.84. The average Bonchev–Trinajstić information content (AvgIpc) is 2.56. The number of carbonyl (C=O) groups is 1. The molecule has 3 nitrogen and oxygen atoms in total. The van der Waals surface area contributed by atoms with Crippen LogP contribution in [-0.4, -0.2) is 23.9 Å². The summed E-state index contributed by atoms with van der Waals surface area (Å²) in [5.74, 6) is 0.854. The van der Waals surface area contributed by atoms with Crippen molar-refractivity contribution in [2.75, 3.05) is 18.4 Å². The first-order chi connectivity index (χ1) is 10.7. The number of nitrogens with zero attached hydrogens (tertiary/aromatic N) is 1. The second kappa shape index (κ2) is 6.65. The molecule has 0 radical (unpaired) electrons. The van der Waals surface area contributed by atoms with Crippen molar-refractivity contribution in [2.24, 2.45) is 5.92 Å². The summed E-state index contributed by atoms with van der Waals surface area (Å²) in [4.78, 5) is 14.8. The van der Waals surface area contributed by atoms with Crippen LogP contribution in [0.25, 0.3) is 0 Å². The molecule has 0 aromatic heterocycles. The standard InChI is InChI=1S/C19H22N2O/c1-15-11-13-21(14-12-15)19(22)17-9-5-6-10-18(17)20-16-7-3-2-4-8-16/h2-10,15,20H,11-14H2,1H3. The second-order valence-electron chi connectivity index (χ2n) is 6.01. The van der Waals surface area contributed by atoms with Gasteiger partial charge in [-0.25, -0.2) is 0 Å². The minimum Gasteiger partial charge on any atom is -0.355 e. The number of para-hydroxylation sites is 2. The van der Waals surface area contributed by atoms with Crippen LogP contribution in [0.1, 0.15) is 30.1 Å².